The van der Waals surface area contributed by atoms with Crippen molar-refractivity contribution in [2.75, 3.05) is 26.2 Å². The molecule has 2 saturated heterocycles. The lowest BCUT2D eigenvalue weighted by Crippen LogP contribution is -2.52. The molecule has 0 aromatic heterocycles. The summed E-state index contributed by atoms with van der Waals surface area (Å²) < 4.78 is 71.9. The Morgan fingerprint density at radius 2 is 1.92 bits per heavy atom. The van der Waals surface area contributed by atoms with Crippen LogP contribution in [0.1, 0.15) is 18.4 Å². The third kappa shape index (κ3) is 3.22. The van der Waals surface area contributed by atoms with Crippen molar-refractivity contribution in [3.8, 4) is 0 Å². The Hall–Kier alpha value is -0.680. The number of hydrogen-bond donors (Lipinski definition) is 1. The van der Waals surface area contributed by atoms with Gasteiger partial charge in [0.2, 0.25) is 10.0 Å². The van der Waals surface area contributed by atoms with E-state index in [1.807, 2.05) is 0 Å². The second-order valence-corrected chi connectivity index (χ2v) is 8.55. The maximum Gasteiger partial charge on any atom is 0.418 e. The summed E-state index contributed by atoms with van der Waals surface area (Å²) in [7, 11) is -4.24. The van der Waals surface area contributed by atoms with E-state index in [0.29, 0.717) is 26.0 Å². The summed E-state index contributed by atoms with van der Waals surface area (Å²) in [5.74, 6) is 0. The predicted octanol–water partition coefficient (Wildman–Crippen LogP) is 2.57. The van der Waals surface area contributed by atoms with Gasteiger partial charge in [-0.2, -0.15) is 17.5 Å². The lowest BCUT2D eigenvalue weighted by molar-refractivity contribution is -0.140. The highest BCUT2D eigenvalue weighted by Gasteiger charge is 2.44. The number of piperidine rings is 1. The quantitative estimate of drug-likeness (QED) is 0.786. The summed E-state index contributed by atoms with van der Waals surface area (Å²) in [6.45, 7) is 1.46. The van der Waals surface area contributed by atoms with E-state index >= 15 is 0 Å². The fourth-order valence-corrected chi connectivity index (χ4v) is 5.52. The van der Waals surface area contributed by atoms with E-state index in [9.17, 15) is 21.6 Å². The molecule has 0 saturated carbocycles. The Labute approximate surface area is 146 Å². The molecule has 3 rings (SSSR count). The topological polar surface area (TPSA) is 58.6 Å². The average molecular weight is 429 g/mol. The van der Waals surface area contributed by atoms with Gasteiger partial charge in [0.05, 0.1) is 17.1 Å². The number of nitrogens with zero attached hydrogens (tertiary/aromatic N) is 1. The van der Waals surface area contributed by atoms with E-state index in [4.69, 9.17) is 4.74 Å². The molecule has 5 nitrogen and oxygen atoms in total. The lowest BCUT2D eigenvalue weighted by atomic mass is 10.0. The molecule has 0 amide bonds. The Morgan fingerprint density at radius 1 is 1.25 bits per heavy atom. The van der Waals surface area contributed by atoms with Crippen LogP contribution in [0.5, 0.6) is 0 Å². The summed E-state index contributed by atoms with van der Waals surface area (Å²) in [5.41, 5.74) is -1.71. The van der Waals surface area contributed by atoms with Crippen LogP contribution in [-0.2, 0) is 20.9 Å². The van der Waals surface area contributed by atoms with E-state index in [1.165, 1.54) is 12.1 Å². The fourth-order valence-electron chi connectivity index (χ4n) is 3.12. The molecule has 2 heterocycles. The van der Waals surface area contributed by atoms with Gasteiger partial charge in [0.15, 0.2) is 0 Å². The highest BCUT2D eigenvalue weighted by molar-refractivity contribution is 9.10. The molecule has 0 aliphatic carbocycles. The number of ether oxygens (including phenoxy) is 1. The first kappa shape index (κ1) is 18.1. The Kier molecular flexibility index (Phi) is 4.71. The van der Waals surface area contributed by atoms with Crippen molar-refractivity contribution in [3.05, 3.63) is 28.2 Å². The third-order valence-electron chi connectivity index (χ3n) is 4.33. The van der Waals surface area contributed by atoms with Gasteiger partial charge >= 0.3 is 6.18 Å². The molecule has 10 heteroatoms. The van der Waals surface area contributed by atoms with Gasteiger partial charge in [0.1, 0.15) is 5.72 Å². The van der Waals surface area contributed by atoms with Crippen molar-refractivity contribution in [1.29, 1.82) is 0 Å². The molecular weight excluding hydrogens is 413 g/mol. The number of benzene rings is 1. The standard InChI is InChI=1S/C14H16BrF3N2O3S/c15-10-2-1-3-11(12(10)14(16,17)18)24(21,22)20-7-4-13(5-8-20)19-6-9-23-13/h1-3,19H,4-9H2. The van der Waals surface area contributed by atoms with Gasteiger partial charge in [-0.25, -0.2) is 8.42 Å². The average Bonchev–Trinajstić information content (AvgIpc) is 2.94. The molecule has 2 fully saturated rings. The molecule has 134 valence electrons. The molecule has 0 radical (unpaired) electrons. The first-order valence-corrected chi connectivity index (χ1v) is 9.64. The molecule has 0 bridgehead atoms. The van der Waals surface area contributed by atoms with Crippen molar-refractivity contribution < 1.29 is 26.3 Å². The number of hydrogen-bond acceptors (Lipinski definition) is 4. The first-order chi connectivity index (χ1) is 11.2. The number of sulfonamides is 1. The van der Waals surface area contributed by atoms with E-state index in [-0.39, 0.29) is 17.6 Å². The van der Waals surface area contributed by atoms with Crippen molar-refractivity contribution in [1.82, 2.24) is 9.62 Å². The van der Waals surface area contributed by atoms with Gasteiger partial charge < -0.3 is 4.74 Å². The van der Waals surface area contributed by atoms with E-state index in [1.54, 1.807) is 0 Å². The Bertz CT molecular complexity index is 723. The van der Waals surface area contributed by atoms with Crippen LogP contribution >= 0.6 is 15.9 Å². The summed E-state index contributed by atoms with van der Waals surface area (Å²) in [6.07, 6.45) is -3.96. The highest BCUT2D eigenvalue weighted by atomic mass is 79.9. The molecule has 0 unspecified atom stereocenters. The smallest absolute Gasteiger partial charge is 0.359 e. The minimum Gasteiger partial charge on any atom is -0.359 e. The highest BCUT2D eigenvalue weighted by Crippen LogP contribution is 2.40. The van der Waals surface area contributed by atoms with Gasteiger partial charge in [-0.05, 0) is 12.1 Å². The second-order valence-electron chi connectivity index (χ2n) is 5.78. The molecule has 2 aliphatic rings. The van der Waals surface area contributed by atoms with Crippen molar-refractivity contribution in [2.45, 2.75) is 29.6 Å². The van der Waals surface area contributed by atoms with Crippen molar-refractivity contribution in [2.24, 2.45) is 0 Å². The van der Waals surface area contributed by atoms with Crippen LogP contribution in [0.15, 0.2) is 27.6 Å². The van der Waals surface area contributed by atoms with Gasteiger partial charge in [0.25, 0.3) is 0 Å². The molecule has 1 spiro atoms. The predicted molar refractivity (Wildman–Crippen MR) is 83.8 cm³/mol. The fraction of sp³-hybridized carbons (Fsp3) is 0.571. The summed E-state index contributed by atoms with van der Waals surface area (Å²) in [6, 6.07) is 3.47. The molecular formula is C14H16BrF3N2O3S. The van der Waals surface area contributed by atoms with Crippen LogP contribution in [0.2, 0.25) is 0 Å². The van der Waals surface area contributed by atoms with Crippen LogP contribution in [0.4, 0.5) is 13.2 Å². The van der Waals surface area contributed by atoms with E-state index in [0.717, 1.165) is 10.4 Å². The molecule has 1 N–H and O–H groups in total. The van der Waals surface area contributed by atoms with Crippen molar-refractivity contribution in [3.63, 3.8) is 0 Å². The Balaban J connectivity index is 1.91. The third-order valence-corrected chi connectivity index (χ3v) is 6.94. The molecule has 0 atom stereocenters. The van der Waals surface area contributed by atoms with E-state index < -0.39 is 32.4 Å². The van der Waals surface area contributed by atoms with Crippen LogP contribution in [-0.4, -0.2) is 44.7 Å². The minimum absolute atomic E-state index is 0.110. The maximum absolute atomic E-state index is 13.3. The van der Waals surface area contributed by atoms with Gasteiger partial charge in [0, 0.05) is 36.9 Å². The summed E-state index contributed by atoms with van der Waals surface area (Å²) in [5, 5.41) is 3.20. The number of halogens is 4. The molecule has 24 heavy (non-hydrogen) atoms. The van der Waals surface area contributed by atoms with Crippen LogP contribution in [0, 0.1) is 0 Å². The zero-order valence-electron chi connectivity index (χ0n) is 12.6. The zero-order valence-corrected chi connectivity index (χ0v) is 15.0. The normalized spacial score (nSPS) is 22.2. The molecule has 1 aromatic rings. The largest absolute Gasteiger partial charge is 0.418 e. The monoisotopic (exact) mass is 428 g/mol. The van der Waals surface area contributed by atoms with Crippen LogP contribution in [0.25, 0.3) is 0 Å². The Morgan fingerprint density at radius 3 is 2.46 bits per heavy atom. The summed E-state index contributed by atoms with van der Waals surface area (Å²) >= 11 is 2.82. The van der Waals surface area contributed by atoms with Gasteiger partial charge in [-0.1, -0.05) is 22.0 Å². The van der Waals surface area contributed by atoms with Gasteiger partial charge in [-0.15, -0.1) is 0 Å². The van der Waals surface area contributed by atoms with Crippen LogP contribution in [0.3, 0.4) is 0 Å². The molecule has 1 aromatic carbocycles. The number of rotatable bonds is 2. The maximum atomic E-state index is 13.3. The number of alkyl halides is 3. The summed E-state index contributed by atoms with van der Waals surface area (Å²) in [4.78, 5) is -0.722. The zero-order chi connectivity index (χ0) is 17.6. The SMILES string of the molecule is O=S(=O)(c1cccc(Br)c1C(F)(F)F)N1CCC2(CC1)NCCO2. The lowest BCUT2D eigenvalue weighted by Gasteiger charge is -2.38. The first-order valence-electron chi connectivity index (χ1n) is 7.41. The minimum atomic E-state index is -4.77. The van der Waals surface area contributed by atoms with Crippen molar-refractivity contribution >= 4 is 26.0 Å². The second kappa shape index (κ2) is 6.24. The molecule has 2 aliphatic heterocycles. The van der Waals surface area contributed by atoms with E-state index in [2.05, 4.69) is 21.2 Å². The number of nitrogens with one attached hydrogen (secondary N) is 1. The van der Waals surface area contributed by atoms with Crippen LogP contribution < -0.4 is 5.32 Å². The van der Waals surface area contributed by atoms with Gasteiger partial charge in [-0.3, -0.25) is 5.32 Å².